The lowest BCUT2D eigenvalue weighted by Gasteiger charge is -2.22. The van der Waals surface area contributed by atoms with Crippen molar-refractivity contribution in [3.8, 4) is 0 Å². The summed E-state index contributed by atoms with van der Waals surface area (Å²) in [7, 11) is 1.13. The third-order valence-corrected chi connectivity index (χ3v) is 4.93. The zero-order valence-electron chi connectivity index (χ0n) is 16.4. The van der Waals surface area contributed by atoms with E-state index in [9.17, 15) is 15.0 Å². The van der Waals surface area contributed by atoms with E-state index in [-0.39, 0.29) is 0 Å². The zero-order valence-corrected chi connectivity index (χ0v) is 16.4. The maximum atomic E-state index is 11.3. The number of unbranched alkanes of at least 4 members (excludes halogenated alkanes) is 4. The molecule has 146 valence electrons. The van der Waals surface area contributed by atoms with Gasteiger partial charge in [-0.2, -0.15) is 0 Å². The fourth-order valence-electron chi connectivity index (χ4n) is 3.03. The minimum Gasteiger partial charge on any atom is -0.465 e. The minimum absolute atomic E-state index is 0.460. The second-order valence-electron chi connectivity index (χ2n) is 7.06. The SMILES string of the molecule is CCCCCCC=C[C@H]1C=CC[C@@H]1CC=C=CC(C)C(O)(O)C(=O)OC. The van der Waals surface area contributed by atoms with Crippen molar-refractivity contribution in [3.05, 3.63) is 42.2 Å². The molecular weight excluding hydrogens is 328 g/mol. The molecule has 4 nitrogen and oxygen atoms in total. The van der Waals surface area contributed by atoms with E-state index in [0.717, 1.165) is 26.4 Å². The van der Waals surface area contributed by atoms with E-state index in [1.807, 2.05) is 6.08 Å². The summed E-state index contributed by atoms with van der Waals surface area (Å²) in [6.07, 6.45) is 20.7. The Morgan fingerprint density at radius 2 is 2.15 bits per heavy atom. The van der Waals surface area contributed by atoms with Gasteiger partial charge in [0.05, 0.1) is 7.11 Å². The molecule has 26 heavy (non-hydrogen) atoms. The van der Waals surface area contributed by atoms with Crippen molar-refractivity contribution >= 4 is 5.97 Å². The molecule has 0 bridgehead atoms. The van der Waals surface area contributed by atoms with Crippen molar-refractivity contribution in [3.63, 3.8) is 0 Å². The standard InChI is InChI=1S/C22H34O4/c1-4-5-6-7-8-9-14-19-16-12-17-20(19)15-11-10-13-18(2)22(24,25)21(23)26-3/h9,11-14,16,18-20,24-25H,4-8,15,17H2,1-3H3/t10?,18?,19-,20-/m0/s1. The van der Waals surface area contributed by atoms with Gasteiger partial charge in [0, 0.05) is 5.92 Å². The molecule has 0 fully saturated rings. The van der Waals surface area contributed by atoms with Crippen molar-refractivity contribution in [2.75, 3.05) is 7.11 Å². The van der Waals surface area contributed by atoms with E-state index in [1.54, 1.807) is 6.92 Å². The second-order valence-corrected chi connectivity index (χ2v) is 7.06. The van der Waals surface area contributed by atoms with Gasteiger partial charge in [-0.3, -0.25) is 0 Å². The third-order valence-electron chi connectivity index (χ3n) is 4.93. The van der Waals surface area contributed by atoms with Crippen LogP contribution in [0.1, 0.15) is 58.8 Å². The number of carbonyl (C=O) groups is 1. The molecule has 0 aromatic rings. The molecule has 0 aliphatic heterocycles. The molecule has 1 unspecified atom stereocenters. The molecule has 1 aliphatic rings. The molecule has 0 amide bonds. The van der Waals surface area contributed by atoms with E-state index >= 15 is 0 Å². The van der Waals surface area contributed by atoms with Crippen molar-refractivity contribution < 1.29 is 19.7 Å². The van der Waals surface area contributed by atoms with Crippen LogP contribution in [0.25, 0.3) is 0 Å². The minimum atomic E-state index is -2.52. The smallest absolute Gasteiger partial charge is 0.366 e. The first-order chi connectivity index (χ1) is 12.4. The lowest BCUT2D eigenvalue weighted by Crippen LogP contribution is -2.44. The predicted molar refractivity (Wildman–Crippen MR) is 104 cm³/mol. The molecule has 1 rings (SSSR count). The maximum Gasteiger partial charge on any atom is 0.366 e. The molecule has 0 aromatic carbocycles. The van der Waals surface area contributed by atoms with Gasteiger partial charge in [-0.25, -0.2) is 4.79 Å². The van der Waals surface area contributed by atoms with Gasteiger partial charge in [0.2, 0.25) is 0 Å². The molecular formula is C22H34O4. The monoisotopic (exact) mass is 362 g/mol. The Labute approximate surface area is 158 Å². The van der Waals surface area contributed by atoms with Crippen LogP contribution in [0.2, 0.25) is 0 Å². The van der Waals surface area contributed by atoms with Gasteiger partial charge < -0.3 is 14.9 Å². The Hall–Kier alpha value is -1.61. The predicted octanol–water partition coefficient (Wildman–Crippen LogP) is 4.30. The molecule has 0 spiro atoms. The van der Waals surface area contributed by atoms with Crippen molar-refractivity contribution in [1.29, 1.82) is 0 Å². The Bertz CT molecular complexity index is 538. The average molecular weight is 363 g/mol. The Kier molecular flexibility index (Phi) is 10.3. The largest absolute Gasteiger partial charge is 0.465 e. The highest BCUT2D eigenvalue weighted by atomic mass is 16.6. The molecule has 0 aromatic heterocycles. The zero-order chi connectivity index (χ0) is 19.4. The third kappa shape index (κ3) is 7.33. The number of esters is 1. The highest BCUT2D eigenvalue weighted by molar-refractivity contribution is 5.77. The lowest BCUT2D eigenvalue weighted by molar-refractivity contribution is -0.217. The van der Waals surface area contributed by atoms with Crippen molar-refractivity contribution in [1.82, 2.24) is 0 Å². The van der Waals surface area contributed by atoms with Crippen molar-refractivity contribution in [2.45, 2.75) is 64.6 Å². The van der Waals surface area contributed by atoms with E-state index in [0.29, 0.717) is 11.8 Å². The van der Waals surface area contributed by atoms with Crippen LogP contribution in [0.3, 0.4) is 0 Å². The normalized spacial score (nSPS) is 20.8. The summed E-state index contributed by atoms with van der Waals surface area (Å²) in [4.78, 5) is 11.3. The molecule has 0 saturated heterocycles. The number of rotatable bonds is 11. The van der Waals surface area contributed by atoms with Gasteiger partial charge in [-0.1, -0.05) is 57.4 Å². The van der Waals surface area contributed by atoms with Crippen LogP contribution in [0, 0.1) is 17.8 Å². The van der Waals surface area contributed by atoms with Gasteiger partial charge in [-0.05, 0) is 49.7 Å². The van der Waals surface area contributed by atoms with Gasteiger partial charge in [0.1, 0.15) is 0 Å². The Morgan fingerprint density at radius 1 is 1.38 bits per heavy atom. The number of hydrogen-bond acceptors (Lipinski definition) is 4. The Morgan fingerprint density at radius 3 is 2.85 bits per heavy atom. The fraction of sp³-hybridized carbons (Fsp3) is 0.636. The van der Waals surface area contributed by atoms with Crippen LogP contribution >= 0.6 is 0 Å². The van der Waals surface area contributed by atoms with Gasteiger partial charge in [0.25, 0.3) is 5.79 Å². The number of methoxy groups -OCH3 is 1. The number of aliphatic hydroxyl groups is 2. The summed E-state index contributed by atoms with van der Waals surface area (Å²) in [5, 5.41) is 19.5. The molecule has 1 aliphatic carbocycles. The molecule has 2 N–H and O–H groups in total. The fourth-order valence-corrected chi connectivity index (χ4v) is 3.03. The summed E-state index contributed by atoms with van der Waals surface area (Å²) >= 11 is 0. The van der Waals surface area contributed by atoms with Gasteiger partial charge in [-0.15, -0.1) is 5.73 Å². The van der Waals surface area contributed by atoms with Crippen LogP contribution in [-0.2, 0) is 9.53 Å². The topological polar surface area (TPSA) is 66.8 Å². The van der Waals surface area contributed by atoms with Crippen LogP contribution in [-0.4, -0.2) is 29.1 Å². The highest BCUT2D eigenvalue weighted by Crippen LogP contribution is 2.29. The summed E-state index contributed by atoms with van der Waals surface area (Å²) in [6.45, 7) is 3.77. The van der Waals surface area contributed by atoms with E-state index < -0.39 is 17.7 Å². The highest BCUT2D eigenvalue weighted by Gasteiger charge is 2.39. The Balaban J connectivity index is 2.46. The molecule has 3 atom stereocenters. The summed E-state index contributed by atoms with van der Waals surface area (Å²) < 4.78 is 4.39. The number of carbonyl (C=O) groups excluding carboxylic acids is 1. The van der Waals surface area contributed by atoms with Gasteiger partial charge >= 0.3 is 5.97 Å². The van der Waals surface area contributed by atoms with E-state index in [2.05, 4.69) is 41.7 Å². The molecule has 0 saturated carbocycles. The summed E-state index contributed by atoms with van der Waals surface area (Å²) in [6, 6.07) is 0. The van der Waals surface area contributed by atoms with E-state index in [4.69, 9.17) is 0 Å². The van der Waals surface area contributed by atoms with Crippen molar-refractivity contribution in [2.24, 2.45) is 17.8 Å². The number of ether oxygens (including phenoxy) is 1. The molecule has 4 heteroatoms. The quantitative estimate of drug-likeness (QED) is 0.189. The molecule has 0 heterocycles. The maximum absolute atomic E-state index is 11.3. The second kappa shape index (κ2) is 11.9. The summed E-state index contributed by atoms with van der Waals surface area (Å²) in [5.74, 6) is -3.40. The van der Waals surface area contributed by atoms with E-state index in [1.165, 1.54) is 31.8 Å². The van der Waals surface area contributed by atoms with Gasteiger partial charge in [0.15, 0.2) is 0 Å². The lowest BCUT2D eigenvalue weighted by atomic mass is 9.91. The number of allylic oxidation sites excluding steroid dienone is 4. The first kappa shape index (κ1) is 22.4. The summed E-state index contributed by atoms with van der Waals surface area (Å²) in [5.41, 5.74) is 2.98. The molecule has 0 radical (unpaired) electrons. The first-order valence-corrected chi connectivity index (χ1v) is 9.71. The van der Waals surface area contributed by atoms with Crippen LogP contribution in [0.4, 0.5) is 0 Å². The number of hydrogen-bond donors (Lipinski definition) is 2. The van der Waals surface area contributed by atoms with Crippen LogP contribution in [0.15, 0.2) is 42.2 Å². The van der Waals surface area contributed by atoms with Crippen LogP contribution < -0.4 is 0 Å². The average Bonchev–Trinajstić information content (AvgIpc) is 3.07. The first-order valence-electron chi connectivity index (χ1n) is 9.71. The van der Waals surface area contributed by atoms with Crippen LogP contribution in [0.5, 0.6) is 0 Å².